The van der Waals surface area contributed by atoms with Crippen molar-refractivity contribution in [1.82, 2.24) is 9.71 Å². The van der Waals surface area contributed by atoms with E-state index >= 15 is 0 Å². The van der Waals surface area contributed by atoms with Crippen LogP contribution in [0.25, 0.3) is 22.4 Å². The number of carbonyl (C=O) groups excluding carboxylic acids is 1. The standard InChI is InChI=1S/C21H16N4O5/c1-30-17-4-2-3-14(11-17)21(26)22-15-7-5-13(6-8-15)20-23-18-10-9-16(25(28)29)12-19(18)24(20)27/h2-12,27H,1H3,(H,22,26). The van der Waals surface area contributed by atoms with Gasteiger partial charge in [-0.05, 0) is 48.5 Å². The number of fused-ring (bicyclic) bond motifs is 1. The van der Waals surface area contributed by atoms with Gasteiger partial charge in [0.15, 0.2) is 5.82 Å². The molecule has 1 amide bonds. The minimum atomic E-state index is -0.536. The molecule has 0 bridgehead atoms. The number of carbonyl (C=O) groups is 1. The zero-order valence-electron chi connectivity index (χ0n) is 15.8. The van der Waals surface area contributed by atoms with Crippen molar-refractivity contribution in [3.05, 3.63) is 82.4 Å². The molecule has 3 aromatic carbocycles. The Morgan fingerprint density at radius 2 is 1.90 bits per heavy atom. The smallest absolute Gasteiger partial charge is 0.271 e. The van der Waals surface area contributed by atoms with Crippen molar-refractivity contribution in [3.63, 3.8) is 0 Å². The van der Waals surface area contributed by atoms with E-state index in [4.69, 9.17) is 4.74 Å². The van der Waals surface area contributed by atoms with Crippen LogP contribution < -0.4 is 10.1 Å². The first-order valence-corrected chi connectivity index (χ1v) is 8.88. The summed E-state index contributed by atoms with van der Waals surface area (Å²) in [7, 11) is 1.53. The van der Waals surface area contributed by atoms with Crippen LogP contribution in [0.2, 0.25) is 0 Å². The highest BCUT2D eigenvalue weighted by atomic mass is 16.6. The van der Waals surface area contributed by atoms with E-state index in [2.05, 4.69) is 10.3 Å². The van der Waals surface area contributed by atoms with Gasteiger partial charge in [0, 0.05) is 28.9 Å². The molecule has 2 N–H and O–H groups in total. The van der Waals surface area contributed by atoms with Crippen LogP contribution in [-0.2, 0) is 0 Å². The quantitative estimate of drug-likeness (QED) is 0.293. The summed E-state index contributed by atoms with van der Waals surface area (Å²) >= 11 is 0. The van der Waals surface area contributed by atoms with Crippen LogP contribution in [0.15, 0.2) is 66.7 Å². The molecular formula is C21H16N4O5. The van der Waals surface area contributed by atoms with E-state index in [0.29, 0.717) is 28.1 Å². The van der Waals surface area contributed by atoms with Crippen LogP contribution >= 0.6 is 0 Å². The fourth-order valence-corrected chi connectivity index (χ4v) is 3.02. The van der Waals surface area contributed by atoms with Gasteiger partial charge in [0.1, 0.15) is 11.3 Å². The Bertz CT molecular complexity index is 1260. The lowest BCUT2D eigenvalue weighted by molar-refractivity contribution is -0.384. The number of nitrogens with zero attached hydrogens (tertiary/aromatic N) is 3. The molecule has 0 unspecified atom stereocenters. The number of ether oxygens (including phenoxy) is 1. The SMILES string of the molecule is COc1cccc(C(=O)Nc2ccc(-c3nc4ccc([N+](=O)[O-])cc4n3O)cc2)c1. The number of hydrogen-bond donors (Lipinski definition) is 2. The summed E-state index contributed by atoms with van der Waals surface area (Å²) < 4.78 is 5.94. The Morgan fingerprint density at radius 3 is 2.60 bits per heavy atom. The third kappa shape index (κ3) is 3.51. The van der Waals surface area contributed by atoms with Gasteiger partial charge in [-0.3, -0.25) is 14.9 Å². The highest BCUT2D eigenvalue weighted by Gasteiger charge is 2.16. The molecule has 0 saturated heterocycles. The largest absolute Gasteiger partial charge is 0.497 e. The van der Waals surface area contributed by atoms with Gasteiger partial charge in [-0.2, -0.15) is 4.73 Å². The number of rotatable bonds is 5. The molecule has 150 valence electrons. The Kier molecular flexibility index (Phi) is 4.77. The molecular weight excluding hydrogens is 388 g/mol. The van der Waals surface area contributed by atoms with E-state index in [1.54, 1.807) is 48.5 Å². The van der Waals surface area contributed by atoms with Crippen LogP contribution in [-0.4, -0.2) is 32.9 Å². The fraction of sp³-hybridized carbons (Fsp3) is 0.0476. The highest BCUT2D eigenvalue weighted by molar-refractivity contribution is 6.04. The highest BCUT2D eigenvalue weighted by Crippen LogP contribution is 2.27. The summed E-state index contributed by atoms with van der Waals surface area (Å²) in [4.78, 5) is 27.2. The molecule has 9 heteroatoms. The Hall–Kier alpha value is -4.40. The molecule has 0 radical (unpaired) electrons. The van der Waals surface area contributed by atoms with E-state index in [1.807, 2.05) is 0 Å². The summed E-state index contributed by atoms with van der Waals surface area (Å²) in [6, 6.07) is 17.6. The lowest BCUT2D eigenvalue weighted by Crippen LogP contribution is -2.11. The first-order chi connectivity index (χ1) is 14.5. The molecule has 1 heterocycles. The summed E-state index contributed by atoms with van der Waals surface area (Å²) in [6.45, 7) is 0. The monoisotopic (exact) mass is 404 g/mol. The first kappa shape index (κ1) is 18.9. The topological polar surface area (TPSA) is 120 Å². The molecule has 4 aromatic rings. The van der Waals surface area contributed by atoms with Crippen LogP contribution in [0, 0.1) is 10.1 Å². The lowest BCUT2D eigenvalue weighted by atomic mass is 10.1. The van der Waals surface area contributed by atoms with Crippen molar-refractivity contribution in [2.75, 3.05) is 12.4 Å². The molecule has 9 nitrogen and oxygen atoms in total. The number of methoxy groups -OCH3 is 1. The number of imidazole rings is 1. The van der Waals surface area contributed by atoms with E-state index in [1.165, 1.54) is 25.3 Å². The van der Waals surface area contributed by atoms with Crippen molar-refractivity contribution in [2.24, 2.45) is 0 Å². The fourth-order valence-electron chi connectivity index (χ4n) is 3.02. The maximum Gasteiger partial charge on any atom is 0.271 e. The van der Waals surface area contributed by atoms with E-state index in [9.17, 15) is 20.1 Å². The van der Waals surface area contributed by atoms with Crippen molar-refractivity contribution in [1.29, 1.82) is 0 Å². The molecule has 0 fully saturated rings. The van der Waals surface area contributed by atoms with Gasteiger partial charge in [0.2, 0.25) is 0 Å². The molecule has 0 aliphatic rings. The van der Waals surface area contributed by atoms with Gasteiger partial charge in [-0.15, -0.1) is 0 Å². The van der Waals surface area contributed by atoms with Gasteiger partial charge in [-0.1, -0.05) is 6.07 Å². The van der Waals surface area contributed by atoms with Crippen molar-refractivity contribution >= 4 is 28.3 Å². The average Bonchev–Trinajstić information content (AvgIpc) is 3.10. The number of nitro groups is 1. The predicted molar refractivity (Wildman–Crippen MR) is 110 cm³/mol. The molecule has 0 saturated carbocycles. The van der Waals surface area contributed by atoms with Gasteiger partial charge in [-0.25, -0.2) is 4.98 Å². The lowest BCUT2D eigenvalue weighted by Gasteiger charge is -2.08. The number of aromatic nitrogens is 2. The van der Waals surface area contributed by atoms with E-state index in [0.717, 1.165) is 4.73 Å². The van der Waals surface area contributed by atoms with Gasteiger partial charge < -0.3 is 15.3 Å². The predicted octanol–water partition coefficient (Wildman–Crippen LogP) is 4.11. The third-order valence-electron chi connectivity index (χ3n) is 4.56. The minimum absolute atomic E-state index is 0.139. The van der Waals surface area contributed by atoms with Gasteiger partial charge >= 0.3 is 0 Å². The van der Waals surface area contributed by atoms with Crippen LogP contribution in [0.3, 0.4) is 0 Å². The normalized spacial score (nSPS) is 10.7. The first-order valence-electron chi connectivity index (χ1n) is 8.88. The molecule has 0 spiro atoms. The molecule has 4 rings (SSSR count). The number of amides is 1. The minimum Gasteiger partial charge on any atom is -0.497 e. The Labute approximate surface area is 170 Å². The summed E-state index contributed by atoms with van der Waals surface area (Å²) in [5.41, 5.74) is 2.11. The number of nitro benzene ring substituents is 1. The van der Waals surface area contributed by atoms with Gasteiger partial charge in [0.05, 0.1) is 17.5 Å². The molecule has 1 aromatic heterocycles. The zero-order chi connectivity index (χ0) is 21.3. The van der Waals surface area contributed by atoms with Crippen molar-refractivity contribution in [3.8, 4) is 17.1 Å². The Morgan fingerprint density at radius 1 is 1.13 bits per heavy atom. The summed E-state index contributed by atoms with van der Waals surface area (Å²) in [6.07, 6.45) is 0. The van der Waals surface area contributed by atoms with Gasteiger partial charge in [0.25, 0.3) is 11.6 Å². The number of benzene rings is 3. The van der Waals surface area contributed by atoms with Crippen LogP contribution in [0.1, 0.15) is 10.4 Å². The second kappa shape index (κ2) is 7.55. The molecule has 0 aliphatic carbocycles. The molecule has 0 atom stereocenters. The maximum atomic E-state index is 12.4. The van der Waals surface area contributed by atoms with Crippen molar-refractivity contribution in [2.45, 2.75) is 0 Å². The second-order valence-electron chi connectivity index (χ2n) is 6.44. The summed E-state index contributed by atoms with van der Waals surface area (Å²) in [5, 5.41) is 24.2. The molecule has 30 heavy (non-hydrogen) atoms. The van der Waals surface area contributed by atoms with E-state index < -0.39 is 4.92 Å². The number of hydrogen-bond acceptors (Lipinski definition) is 6. The van der Waals surface area contributed by atoms with E-state index in [-0.39, 0.29) is 22.9 Å². The second-order valence-corrected chi connectivity index (χ2v) is 6.44. The van der Waals surface area contributed by atoms with Crippen molar-refractivity contribution < 1.29 is 19.7 Å². The van der Waals surface area contributed by atoms with Crippen LogP contribution in [0.5, 0.6) is 5.75 Å². The third-order valence-corrected chi connectivity index (χ3v) is 4.56. The summed E-state index contributed by atoms with van der Waals surface area (Å²) in [5.74, 6) is 0.527. The molecule has 0 aliphatic heterocycles. The zero-order valence-corrected chi connectivity index (χ0v) is 15.8. The number of non-ortho nitro benzene ring substituents is 1. The number of nitrogens with one attached hydrogen (secondary N) is 1. The van der Waals surface area contributed by atoms with Crippen LogP contribution in [0.4, 0.5) is 11.4 Å². The maximum absolute atomic E-state index is 12.4. The Balaban J connectivity index is 1.58. The average molecular weight is 404 g/mol. The number of anilines is 1.